The largest absolute Gasteiger partial charge is 0.494 e. The van der Waals surface area contributed by atoms with Gasteiger partial charge >= 0.3 is 11.8 Å². The van der Waals surface area contributed by atoms with E-state index in [0.717, 1.165) is 25.4 Å². The molecule has 0 saturated carbocycles. The molecule has 0 spiro atoms. The molecule has 2 amide bonds. The molecule has 6 heteroatoms. The zero-order valence-electron chi connectivity index (χ0n) is 15.2. The molecule has 1 aromatic rings. The van der Waals surface area contributed by atoms with Crippen molar-refractivity contribution in [1.29, 1.82) is 0 Å². The van der Waals surface area contributed by atoms with Crippen molar-refractivity contribution in [1.82, 2.24) is 10.2 Å². The van der Waals surface area contributed by atoms with Crippen molar-refractivity contribution in [2.45, 2.75) is 33.1 Å². The Bertz CT molecular complexity index is 554. The van der Waals surface area contributed by atoms with Crippen molar-refractivity contribution in [3.8, 4) is 5.75 Å². The number of likely N-dealkylation sites (tertiary alicyclic amines) is 1. The molecule has 1 aliphatic rings. The minimum absolute atomic E-state index is 0.320. The number of rotatable bonds is 7. The average molecular weight is 347 g/mol. The number of carbonyl (C=O) groups excluding carboxylic acids is 2. The van der Waals surface area contributed by atoms with E-state index in [-0.39, 0.29) is 0 Å². The number of benzene rings is 1. The second kappa shape index (κ2) is 10.0. The third-order valence-corrected chi connectivity index (χ3v) is 4.26. The monoisotopic (exact) mass is 347 g/mol. The number of nitrogens with one attached hydrogen (secondary N) is 2. The number of piperidine rings is 1. The average Bonchev–Trinajstić information content (AvgIpc) is 2.62. The van der Waals surface area contributed by atoms with E-state index in [1.165, 1.54) is 19.3 Å². The van der Waals surface area contributed by atoms with Gasteiger partial charge in [-0.3, -0.25) is 9.59 Å². The number of hydrogen-bond donors (Lipinski definition) is 2. The minimum Gasteiger partial charge on any atom is -0.494 e. The first-order valence-corrected chi connectivity index (χ1v) is 9.13. The first-order chi connectivity index (χ1) is 12.1. The van der Waals surface area contributed by atoms with Crippen LogP contribution in [0.3, 0.4) is 0 Å². The number of nitrogens with zero attached hydrogens (tertiary/aromatic N) is 1. The van der Waals surface area contributed by atoms with E-state index in [1.54, 1.807) is 24.3 Å². The molecule has 1 heterocycles. The Kier molecular flexibility index (Phi) is 7.73. The fourth-order valence-corrected chi connectivity index (χ4v) is 2.98. The first kappa shape index (κ1) is 19.2. The molecular formula is C19H29N3O3. The molecule has 138 valence electrons. The Morgan fingerprint density at radius 2 is 1.80 bits per heavy atom. The van der Waals surface area contributed by atoms with Crippen LogP contribution in [0.5, 0.6) is 5.75 Å². The topological polar surface area (TPSA) is 70.7 Å². The van der Waals surface area contributed by atoms with Crippen LogP contribution in [0, 0.1) is 5.92 Å². The van der Waals surface area contributed by atoms with Crippen molar-refractivity contribution in [2.75, 3.05) is 38.1 Å². The predicted molar refractivity (Wildman–Crippen MR) is 98.7 cm³/mol. The number of ether oxygens (including phenoxy) is 1. The molecule has 25 heavy (non-hydrogen) atoms. The molecule has 2 N–H and O–H groups in total. The molecule has 2 rings (SSSR count). The zero-order valence-corrected chi connectivity index (χ0v) is 15.2. The molecule has 0 aromatic heterocycles. The third kappa shape index (κ3) is 6.74. The van der Waals surface area contributed by atoms with Gasteiger partial charge in [0.1, 0.15) is 5.75 Å². The standard InChI is InChI=1S/C19H29N3O3/c1-3-25-17-9-7-16(8-10-17)21-19(24)18(23)20-13-15(2)14-22-11-5-4-6-12-22/h7-10,15H,3-6,11-14H2,1-2H3,(H,20,23)(H,21,24). The van der Waals surface area contributed by atoms with Crippen molar-refractivity contribution in [3.63, 3.8) is 0 Å². The highest BCUT2D eigenvalue weighted by Crippen LogP contribution is 2.15. The van der Waals surface area contributed by atoms with Crippen LogP contribution in [-0.2, 0) is 9.59 Å². The predicted octanol–water partition coefficient (Wildman–Crippen LogP) is 2.26. The molecule has 1 aromatic carbocycles. The molecule has 1 fully saturated rings. The first-order valence-electron chi connectivity index (χ1n) is 9.13. The van der Waals surface area contributed by atoms with Crippen LogP contribution in [0.4, 0.5) is 5.69 Å². The van der Waals surface area contributed by atoms with Crippen LogP contribution < -0.4 is 15.4 Å². The quantitative estimate of drug-likeness (QED) is 0.742. The van der Waals surface area contributed by atoms with E-state index in [0.29, 0.717) is 24.8 Å². The van der Waals surface area contributed by atoms with Gasteiger partial charge in [0, 0.05) is 18.8 Å². The van der Waals surface area contributed by atoms with Gasteiger partial charge in [0.25, 0.3) is 0 Å². The lowest BCUT2D eigenvalue weighted by molar-refractivity contribution is -0.136. The van der Waals surface area contributed by atoms with Crippen molar-refractivity contribution < 1.29 is 14.3 Å². The summed E-state index contributed by atoms with van der Waals surface area (Å²) < 4.78 is 5.34. The fraction of sp³-hybridized carbons (Fsp3) is 0.579. The second-order valence-electron chi connectivity index (χ2n) is 6.59. The summed E-state index contributed by atoms with van der Waals surface area (Å²) in [4.78, 5) is 26.3. The van der Waals surface area contributed by atoms with E-state index in [4.69, 9.17) is 4.74 Å². The summed E-state index contributed by atoms with van der Waals surface area (Å²) in [5.74, 6) is -0.189. The van der Waals surface area contributed by atoms with Crippen molar-refractivity contribution in [2.24, 2.45) is 5.92 Å². The lowest BCUT2D eigenvalue weighted by Gasteiger charge is -2.29. The summed E-state index contributed by atoms with van der Waals surface area (Å²) in [6.45, 7) is 8.33. The van der Waals surface area contributed by atoms with Gasteiger partial charge in [-0.2, -0.15) is 0 Å². The van der Waals surface area contributed by atoms with Crippen LogP contribution in [0.25, 0.3) is 0 Å². The zero-order chi connectivity index (χ0) is 18.1. The number of hydrogen-bond acceptors (Lipinski definition) is 4. The summed E-state index contributed by atoms with van der Waals surface area (Å²) in [5, 5.41) is 5.32. The van der Waals surface area contributed by atoms with Gasteiger partial charge in [-0.05, 0) is 63.0 Å². The third-order valence-electron chi connectivity index (χ3n) is 4.26. The van der Waals surface area contributed by atoms with E-state index < -0.39 is 11.8 Å². The SMILES string of the molecule is CCOc1ccc(NC(=O)C(=O)NCC(C)CN2CCCCC2)cc1. The summed E-state index contributed by atoms with van der Waals surface area (Å²) >= 11 is 0. The van der Waals surface area contributed by atoms with Gasteiger partial charge in [-0.1, -0.05) is 13.3 Å². The van der Waals surface area contributed by atoms with E-state index in [9.17, 15) is 9.59 Å². The highest BCUT2D eigenvalue weighted by molar-refractivity contribution is 6.39. The Labute approximate surface area is 149 Å². The lowest BCUT2D eigenvalue weighted by Crippen LogP contribution is -2.41. The highest BCUT2D eigenvalue weighted by atomic mass is 16.5. The van der Waals surface area contributed by atoms with Crippen LogP contribution in [0.2, 0.25) is 0 Å². The Hall–Kier alpha value is -2.08. The number of anilines is 1. The maximum absolute atomic E-state index is 12.0. The molecule has 0 radical (unpaired) electrons. The molecule has 1 saturated heterocycles. The maximum atomic E-state index is 12.0. The van der Waals surface area contributed by atoms with Gasteiger partial charge in [-0.25, -0.2) is 0 Å². The summed E-state index contributed by atoms with van der Waals surface area (Å²) in [7, 11) is 0. The molecule has 6 nitrogen and oxygen atoms in total. The fourth-order valence-electron chi connectivity index (χ4n) is 2.98. The van der Waals surface area contributed by atoms with Gasteiger partial charge in [0.2, 0.25) is 0 Å². The maximum Gasteiger partial charge on any atom is 0.313 e. The molecule has 1 atom stereocenters. The van der Waals surface area contributed by atoms with Gasteiger partial charge in [0.05, 0.1) is 6.61 Å². The molecule has 1 aliphatic heterocycles. The smallest absolute Gasteiger partial charge is 0.313 e. The Balaban J connectivity index is 1.71. The van der Waals surface area contributed by atoms with Crippen LogP contribution >= 0.6 is 0 Å². The Morgan fingerprint density at radius 3 is 2.44 bits per heavy atom. The van der Waals surface area contributed by atoms with Crippen LogP contribution in [0.15, 0.2) is 24.3 Å². The molecule has 0 bridgehead atoms. The Morgan fingerprint density at radius 1 is 1.12 bits per heavy atom. The number of amides is 2. The summed E-state index contributed by atoms with van der Waals surface area (Å²) in [5.41, 5.74) is 0.574. The minimum atomic E-state index is -0.644. The summed E-state index contributed by atoms with van der Waals surface area (Å²) in [6.07, 6.45) is 3.82. The normalized spacial score (nSPS) is 16.1. The van der Waals surface area contributed by atoms with Gasteiger partial charge in [-0.15, -0.1) is 0 Å². The van der Waals surface area contributed by atoms with E-state index >= 15 is 0 Å². The van der Waals surface area contributed by atoms with E-state index in [2.05, 4.69) is 22.5 Å². The molecule has 0 aliphatic carbocycles. The van der Waals surface area contributed by atoms with E-state index in [1.807, 2.05) is 6.92 Å². The summed E-state index contributed by atoms with van der Waals surface area (Å²) in [6, 6.07) is 6.96. The van der Waals surface area contributed by atoms with Crippen molar-refractivity contribution >= 4 is 17.5 Å². The van der Waals surface area contributed by atoms with Crippen molar-refractivity contribution in [3.05, 3.63) is 24.3 Å². The lowest BCUT2D eigenvalue weighted by atomic mass is 10.1. The molecule has 1 unspecified atom stereocenters. The number of carbonyl (C=O) groups is 2. The van der Waals surface area contributed by atoms with Crippen LogP contribution in [-0.4, -0.2) is 49.5 Å². The molecular weight excluding hydrogens is 318 g/mol. The second-order valence-corrected chi connectivity index (χ2v) is 6.59. The van der Waals surface area contributed by atoms with Gasteiger partial charge in [0.15, 0.2) is 0 Å². The van der Waals surface area contributed by atoms with Crippen LogP contribution in [0.1, 0.15) is 33.1 Å². The van der Waals surface area contributed by atoms with Gasteiger partial charge < -0.3 is 20.3 Å². The highest BCUT2D eigenvalue weighted by Gasteiger charge is 2.17.